The highest BCUT2D eigenvalue weighted by Gasteiger charge is 2.15. The topological polar surface area (TPSA) is 116 Å². The first-order valence-corrected chi connectivity index (χ1v) is 5.73. The Morgan fingerprint density at radius 3 is 2.70 bits per heavy atom. The molecule has 0 aliphatic heterocycles. The molecule has 0 amide bonds. The fraction of sp³-hybridized carbons (Fsp3) is 0.167. The lowest BCUT2D eigenvalue weighted by Crippen LogP contribution is -2.09. The summed E-state index contributed by atoms with van der Waals surface area (Å²) >= 11 is 0. The third-order valence-electron chi connectivity index (χ3n) is 2.67. The van der Waals surface area contributed by atoms with Crippen LogP contribution in [0.15, 0.2) is 24.5 Å². The molecule has 0 fully saturated rings. The molecule has 8 nitrogen and oxygen atoms in total. The van der Waals surface area contributed by atoms with Gasteiger partial charge in [0.15, 0.2) is 5.82 Å². The van der Waals surface area contributed by atoms with Gasteiger partial charge in [0, 0.05) is 5.56 Å². The molecule has 20 heavy (non-hydrogen) atoms. The van der Waals surface area contributed by atoms with Crippen molar-refractivity contribution in [2.45, 2.75) is 13.8 Å². The monoisotopic (exact) mass is 275 g/mol. The number of nitro groups is 1. The van der Waals surface area contributed by atoms with Gasteiger partial charge in [0.1, 0.15) is 5.75 Å². The first-order chi connectivity index (χ1) is 9.51. The molecule has 2 rings (SSSR count). The molecule has 0 atom stereocenters. The van der Waals surface area contributed by atoms with Gasteiger partial charge in [-0.15, -0.1) is 0 Å². The van der Waals surface area contributed by atoms with Gasteiger partial charge in [-0.25, -0.2) is 5.84 Å². The van der Waals surface area contributed by atoms with Crippen molar-refractivity contribution in [3.63, 3.8) is 0 Å². The minimum Gasteiger partial charge on any atom is -0.437 e. The Balaban J connectivity index is 2.37. The lowest BCUT2D eigenvalue weighted by atomic mass is 10.1. The second-order valence-corrected chi connectivity index (χ2v) is 4.15. The Morgan fingerprint density at radius 1 is 1.30 bits per heavy atom. The Morgan fingerprint density at radius 2 is 2.05 bits per heavy atom. The Hall–Kier alpha value is -2.74. The molecule has 2 aromatic rings. The number of aromatic nitrogens is 2. The summed E-state index contributed by atoms with van der Waals surface area (Å²) in [6.07, 6.45) is 2.82. The number of nitrogens with two attached hydrogens (primary N) is 1. The number of nitro benzene ring substituents is 1. The number of hydrogen-bond acceptors (Lipinski definition) is 7. The van der Waals surface area contributed by atoms with E-state index in [0.29, 0.717) is 17.1 Å². The van der Waals surface area contributed by atoms with Crippen LogP contribution in [0, 0.1) is 24.0 Å². The van der Waals surface area contributed by atoms with Crippen molar-refractivity contribution in [1.29, 1.82) is 0 Å². The van der Waals surface area contributed by atoms with E-state index in [4.69, 9.17) is 10.6 Å². The van der Waals surface area contributed by atoms with Crippen LogP contribution in [0.25, 0.3) is 0 Å². The molecule has 0 saturated heterocycles. The molecule has 0 aliphatic rings. The summed E-state index contributed by atoms with van der Waals surface area (Å²) in [6.45, 7) is 3.47. The predicted molar refractivity (Wildman–Crippen MR) is 72.5 cm³/mol. The van der Waals surface area contributed by atoms with Gasteiger partial charge in [0.2, 0.25) is 5.88 Å². The summed E-state index contributed by atoms with van der Waals surface area (Å²) in [5.74, 6) is 6.11. The van der Waals surface area contributed by atoms with Gasteiger partial charge in [-0.05, 0) is 25.5 Å². The molecule has 0 aliphatic carbocycles. The largest absolute Gasteiger partial charge is 0.437 e. The highest BCUT2D eigenvalue weighted by atomic mass is 16.6. The molecule has 0 bridgehead atoms. The molecule has 3 N–H and O–H groups in total. The van der Waals surface area contributed by atoms with Gasteiger partial charge in [-0.3, -0.25) is 15.1 Å². The van der Waals surface area contributed by atoms with Crippen molar-refractivity contribution < 1.29 is 9.66 Å². The maximum Gasteiger partial charge on any atom is 0.276 e. The third-order valence-corrected chi connectivity index (χ3v) is 2.67. The smallest absolute Gasteiger partial charge is 0.276 e. The van der Waals surface area contributed by atoms with E-state index < -0.39 is 4.92 Å². The van der Waals surface area contributed by atoms with E-state index in [1.165, 1.54) is 18.5 Å². The molecule has 1 heterocycles. The van der Waals surface area contributed by atoms with Crippen molar-refractivity contribution in [3.8, 4) is 11.6 Å². The van der Waals surface area contributed by atoms with Gasteiger partial charge < -0.3 is 10.2 Å². The van der Waals surface area contributed by atoms with Crippen molar-refractivity contribution in [2.24, 2.45) is 5.84 Å². The van der Waals surface area contributed by atoms with Crippen molar-refractivity contribution in [3.05, 3.63) is 45.8 Å². The minimum absolute atomic E-state index is 0.00772. The first kappa shape index (κ1) is 13.7. The van der Waals surface area contributed by atoms with Crippen LogP contribution in [0.5, 0.6) is 11.6 Å². The number of benzene rings is 1. The lowest BCUT2D eigenvalue weighted by molar-refractivity contribution is -0.385. The summed E-state index contributed by atoms with van der Waals surface area (Å²) in [4.78, 5) is 18.4. The fourth-order valence-corrected chi connectivity index (χ4v) is 1.71. The quantitative estimate of drug-likeness (QED) is 0.498. The molecule has 0 saturated carbocycles. The molecule has 0 radical (unpaired) electrons. The molecular weight excluding hydrogens is 262 g/mol. The van der Waals surface area contributed by atoms with Gasteiger partial charge in [0.05, 0.1) is 23.4 Å². The first-order valence-electron chi connectivity index (χ1n) is 5.73. The Bertz CT molecular complexity index is 660. The predicted octanol–water partition coefficient (Wildman–Crippen LogP) is 2.08. The number of rotatable bonds is 4. The SMILES string of the molecule is Cc1cc(C)c([N+](=O)[O-])cc1Oc1cncc(NN)n1. The van der Waals surface area contributed by atoms with E-state index in [-0.39, 0.29) is 11.6 Å². The van der Waals surface area contributed by atoms with E-state index in [2.05, 4.69) is 15.4 Å². The molecule has 0 unspecified atom stereocenters. The summed E-state index contributed by atoms with van der Waals surface area (Å²) in [7, 11) is 0. The second kappa shape index (κ2) is 5.49. The third kappa shape index (κ3) is 2.81. The van der Waals surface area contributed by atoms with E-state index in [0.717, 1.165) is 5.56 Å². The molecule has 104 valence electrons. The van der Waals surface area contributed by atoms with Crippen LogP contribution in [-0.2, 0) is 0 Å². The van der Waals surface area contributed by atoms with E-state index in [1.807, 2.05) is 0 Å². The number of nitrogens with zero attached hydrogens (tertiary/aromatic N) is 3. The second-order valence-electron chi connectivity index (χ2n) is 4.15. The van der Waals surface area contributed by atoms with Crippen molar-refractivity contribution >= 4 is 11.5 Å². The normalized spacial score (nSPS) is 10.2. The van der Waals surface area contributed by atoms with Crippen molar-refractivity contribution in [1.82, 2.24) is 9.97 Å². The number of nitrogen functional groups attached to an aromatic ring is 1. The number of anilines is 1. The molecular formula is C12H13N5O3. The van der Waals surface area contributed by atoms with Crippen LogP contribution >= 0.6 is 0 Å². The van der Waals surface area contributed by atoms with E-state index >= 15 is 0 Å². The van der Waals surface area contributed by atoms with Crippen LogP contribution < -0.4 is 16.0 Å². The molecule has 1 aromatic carbocycles. The van der Waals surface area contributed by atoms with Crippen LogP contribution in [0.3, 0.4) is 0 Å². The zero-order valence-electron chi connectivity index (χ0n) is 11.0. The zero-order valence-corrected chi connectivity index (χ0v) is 11.0. The molecule has 1 aromatic heterocycles. The number of aryl methyl sites for hydroxylation is 2. The Kier molecular flexibility index (Phi) is 3.76. The number of nitrogens with one attached hydrogen (secondary N) is 1. The van der Waals surface area contributed by atoms with E-state index in [9.17, 15) is 10.1 Å². The lowest BCUT2D eigenvalue weighted by Gasteiger charge is -2.09. The van der Waals surface area contributed by atoms with Gasteiger partial charge in [-0.2, -0.15) is 4.98 Å². The molecule has 0 spiro atoms. The van der Waals surface area contributed by atoms with Gasteiger partial charge >= 0.3 is 0 Å². The maximum absolute atomic E-state index is 10.9. The van der Waals surface area contributed by atoms with Crippen molar-refractivity contribution in [2.75, 3.05) is 5.43 Å². The van der Waals surface area contributed by atoms with Crippen LogP contribution in [0.2, 0.25) is 0 Å². The number of hydrogen-bond donors (Lipinski definition) is 2. The highest BCUT2D eigenvalue weighted by Crippen LogP contribution is 2.30. The average molecular weight is 275 g/mol. The summed E-state index contributed by atoms with van der Waals surface area (Å²) in [5, 5.41) is 10.9. The summed E-state index contributed by atoms with van der Waals surface area (Å²) < 4.78 is 5.52. The summed E-state index contributed by atoms with van der Waals surface area (Å²) in [5.41, 5.74) is 3.67. The van der Waals surface area contributed by atoms with E-state index in [1.54, 1.807) is 19.9 Å². The minimum atomic E-state index is -0.453. The number of ether oxygens (including phenoxy) is 1. The van der Waals surface area contributed by atoms with Crippen LogP contribution in [0.4, 0.5) is 11.5 Å². The standard InChI is InChI=1S/C12H13N5O3/c1-7-3-8(2)10(4-9(7)17(18)19)20-12-6-14-5-11(15-12)16-13/h3-6H,13H2,1-2H3,(H,15,16). The summed E-state index contributed by atoms with van der Waals surface area (Å²) in [6, 6.07) is 3.06. The average Bonchev–Trinajstić information content (AvgIpc) is 2.41. The van der Waals surface area contributed by atoms with Gasteiger partial charge in [0.25, 0.3) is 5.69 Å². The Labute approximate surface area is 114 Å². The number of hydrazine groups is 1. The zero-order chi connectivity index (χ0) is 14.7. The van der Waals surface area contributed by atoms with Crippen LogP contribution in [0.1, 0.15) is 11.1 Å². The fourth-order valence-electron chi connectivity index (χ4n) is 1.71. The maximum atomic E-state index is 10.9. The van der Waals surface area contributed by atoms with Gasteiger partial charge in [-0.1, -0.05) is 0 Å². The molecule has 8 heteroatoms. The highest BCUT2D eigenvalue weighted by molar-refractivity contribution is 5.50. The van der Waals surface area contributed by atoms with Crippen LogP contribution in [-0.4, -0.2) is 14.9 Å².